The molecule has 2 N–H and O–H groups in total. The number of rotatable bonds is 4. The van der Waals surface area contributed by atoms with Crippen molar-refractivity contribution in [2.24, 2.45) is 0 Å². The molecule has 0 spiro atoms. The number of carboxylic acid groups (broad SMARTS) is 1. The molecule has 1 amide bonds. The van der Waals surface area contributed by atoms with E-state index in [0.717, 1.165) is 22.2 Å². The van der Waals surface area contributed by atoms with Crippen LogP contribution >= 0.6 is 0 Å². The Morgan fingerprint density at radius 2 is 2.12 bits per heavy atom. The summed E-state index contributed by atoms with van der Waals surface area (Å²) in [6.45, 7) is 0.729. The number of amides is 1. The maximum Gasteiger partial charge on any atom is 0.326 e. The van der Waals surface area contributed by atoms with Crippen molar-refractivity contribution in [1.82, 2.24) is 19.7 Å². The molecule has 4 rings (SSSR count). The van der Waals surface area contributed by atoms with Gasteiger partial charge in [0.15, 0.2) is 0 Å². The molecule has 0 aliphatic carbocycles. The summed E-state index contributed by atoms with van der Waals surface area (Å²) < 4.78 is 1.67. The van der Waals surface area contributed by atoms with E-state index in [4.69, 9.17) is 0 Å². The van der Waals surface area contributed by atoms with Gasteiger partial charge in [-0.3, -0.25) is 9.48 Å². The van der Waals surface area contributed by atoms with Crippen molar-refractivity contribution < 1.29 is 14.7 Å². The molecule has 3 aromatic rings. The molecule has 3 heterocycles. The first-order valence-corrected chi connectivity index (χ1v) is 8.21. The zero-order valence-corrected chi connectivity index (χ0v) is 13.6. The number of hydrogen-bond acceptors (Lipinski definition) is 3. The Balaban J connectivity index is 1.60. The normalized spacial score (nSPS) is 16.8. The van der Waals surface area contributed by atoms with Gasteiger partial charge in [-0.2, -0.15) is 5.10 Å². The maximum atomic E-state index is 12.6. The molecule has 0 saturated carbocycles. The Bertz CT molecular complexity index is 929. The second kappa shape index (κ2) is 6.08. The van der Waals surface area contributed by atoms with E-state index in [1.54, 1.807) is 23.1 Å². The molecule has 25 heavy (non-hydrogen) atoms. The number of aromatic nitrogens is 3. The molecule has 1 aliphatic heterocycles. The molecule has 1 aliphatic rings. The number of para-hydroxylation sites is 1. The number of carboxylic acids is 1. The Morgan fingerprint density at radius 3 is 2.88 bits per heavy atom. The molecule has 1 aromatic carbocycles. The van der Waals surface area contributed by atoms with Crippen LogP contribution in [0.25, 0.3) is 10.9 Å². The molecule has 128 valence electrons. The summed E-state index contributed by atoms with van der Waals surface area (Å²) in [5, 5.41) is 14.7. The molecule has 0 saturated heterocycles. The van der Waals surface area contributed by atoms with Crippen LogP contribution in [-0.2, 0) is 29.1 Å². The predicted molar refractivity (Wildman–Crippen MR) is 90.8 cm³/mol. The van der Waals surface area contributed by atoms with E-state index in [0.29, 0.717) is 19.5 Å². The molecule has 0 fully saturated rings. The molecule has 0 radical (unpaired) electrons. The lowest BCUT2D eigenvalue weighted by Crippen LogP contribution is -2.48. The van der Waals surface area contributed by atoms with Crippen LogP contribution in [0, 0.1) is 0 Å². The average molecular weight is 338 g/mol. The average Bonchev–Trinajstić information content (AvgIpc) is 3.25. The quantitative estimate of drug-likeness (QED) is 0.759. The molecule has 7 heteroatoms. The number of carbonyl (C=O) groups excluding carboxylic acids is 1. The lowest BCUT2D eigenvalue weighted by molar-refractivity contribution is -0.151. The second-order valence-electron chi connectivity index (χ2n) is 6.23. The number of aromatic amines is 1. The van der Waals surface area contributed by atoms with E-state index in [-0.39, 0.29) is 12.3 Å². The fourth-order valence-corrected chi connectivity index (χ4v) is 3.48. The van der Waals surface area contributed by atoms with Crippen LogP contribution in [0.1, 0.15) is 17.7 Å². The van der Waals surface area contributed by atoms with Crippen molar-refractivity contribution in [1.29, 1.82) is 0 Å². The van der Waals surface area contributed by atoms with Crippen LogP contribution in [0.2, 0.25) is 0 Å². The van der Waals surface area contributed by atoms with Crippen molar-refractivity contribution >= 4 is 22.8 Å². The summed E-state index contributed by atoms with van der Waals surface area (Å²) in [5.74, 6) is -1.14. The highest BCUT2D eigenvalue weighted by Crippen LogP contribution is 2.30. The van der Waals surface area contributed by atoms with Crippen molar-refractivity contribution in [3.63, 3.8) is 0 Å². The van der Waals surface area contributed by atoms with Gasteiger partial charge in [-0.1, -0.05) is 18.2 Å². The number of H-pyrrole nitrogens is 1. The monoisotopic (exact) mass is 338 g/mol. The zero-order valence-electron chi connectivity index (χ0n) is 13.6. The summed E-state index contributed by atoms with van der Waals surface area (Å²) in [6.07, 6.45) is 3.99. The summed E-state index contributed by atoms with van der Waals surface area (Å²) >= 11 is 0. The fraction of sp³-hybridized carbons (Fsp3) is 0.278. The van der Waals surface area contributed by atoms with Crippen molar-refractivity contribution in [3.05, 3.63) is 54.0 Å². The highest BCUT2D eigenvalue weighted by Gasteiger charge is 2.36. The fourth-order valence-electron chi connectivity index (χ4n) is 3.48. The third-order valence-electron chi connectivity index (χ3n) is 4.72. The third-order valence-corrected chi connectivity index (χ3v) is 4.72. The standard InChI is InChI=1S/C18H18N4O3/c23-17(6-9-21-8-3-7-19-21)22-11-15-13(10-16(22)18(24)25)12-4-1-2-5-14(12)20-15/h1-5,7-8,16,20H,6,9-11H2,(H,24,25)/t16-/m0/s1. The van der Waals surface area contributed by atoms with Gasteiger partial charge in [0, 0.05) is 48.4 Å². The van der Waals surface area contributed by atoms with E-state index in [9.17, 15) is 14.7 Å². The van der Waals surface area contributed by atoms with Gasteiger partial charge < -0.3 is 15.0 Å². The number of fused-ring (bicyclic) bond motifs is 3. The number of aliphatic carboxylic acids is 1. The smallest absolute Gasteiger partial charge is 0.326 e. The number of nitrogens with one attached hydrogen (secondary N) is 1. The molecule has 0 unspecified atom stereocenters. The Morgan fingerprint density at radius 1 is 1.28 bits per heavy atom. The SMILES string of the molecule is O=C(O)[C@@H]1Cc2c([nH]c3ccccc23)CN1C(=O)CCn1cccn1. The second-order valence-corrected chi connectivity index (χ2v) is 6.23. The molecule has 7 nitrogen and oxygen atoms in total. The van der Waals surface area contributed by atoms with Gasteiger partial charge in [0.2, 0.25) is 5.91 Å². The van der Waals surface area contributed by atoms with Gasteiger partial charge in [-0.05, 0) is 17.7 Å². The molecular formula is C18H18N4O3. The highest BCUT2D eigenvalue weighted by atomic mass is 16.4. The number of carbonyl (C=O) groups is 2. The van der Waals surface area contributed by atoms with E-state index < -0.39 is 12.0 Å². The molecule has 0 bridgehead atoms. The minimum absolute atomic E-state index is 0.174. The van der Waals surface area contributed by atoms with Crippen LogP contribution in [0.5, 0.6) is 0 Å². The number of hydrogen-bond donors (Lipinski definition) is 2. The number of nitrogens with zero attached hydrogens (tertiary/aromatic N) is 3. The van der Waals surface area contributed by atoms with Crippen molar-refractivity contribution in [2.45, 2.75) is 32.0 Å². The zero-order chi connectivity index (χ0) is 17.4. The summed E-state index contributed by atoms with van der Waals surface area (Å²) in [7, 11) is 0. The van der Waals surface area contributed by atoms with Gasteiger partial charge in [-0.25, -0.2) is 4.79 Å². The van der Waals surface area contributed by atoms with Gasteiger partial charge in [0.05, 0.1) is 6.54 Å². The molecule has 1 atom stereocenters. The van der Waals surface area contributed by atoms with E-state index in [2.05, 4.69) is 10.1 Å². The first-order chi connectivity index (χ1) is 12.1. The molecular weight excluding hydrogens is 320 g/mol. The number of aryl methyl sites for hydroxylation is 1. The van der Waals surface area contributed by atoms with Crippen LogP contribution in [0.3, 0.4) is 0 Å². The van der Waals surface area contributed by atoms with Crippen molar-refractivity contribution in [3.8, 4) is 0 Å². The van der Waals surface area contributed by atoms with Crippen LogP contribution < -0.4 is 0 Å². The Kier molecular flexibility index (Phi) is 3.76. The van der Waals surface area contributed by atoms with Gasteiger partial charge in [0.25, 0.3) is 0 Å². The third kappa shape index (κ3) is 2.77. The summed E-state index contributed by atoms with van der Waals surface area (Å²) in [6, 6.07) is 8.78. The first kappa shape index (κ1) is 15.4. The summed E-state index contributed by atoms with van der Waals surface area (Å²) in [5.41, 5.74) is 2.90. The Hall–Kier alpha value is -3.09. The minimum Gasteiger partial charge on any atom is -0.480 e. The van der Waals surface area contributed by atoms with Gasteiger partial charge >= 0.3 is 5.97 Å². The van der Waals surface area contributed by atoms with Crippen LogP contribution in [-0.4, -0.2) is 42.7 Å². The molecule has 2 aromatic heterocycles. The van der Waals surface area contributed by atoms with Crippen LogP contribution in [0.4, 0.5) is 0 Å². The maximum absolute atomic E-state index is 12.6. The van der Waals surface area contributed by atoms with Crippen LogP contribution in [0.15, 0.2) is 42.7 Å². The lowest BCUT2D eigenvalue weighted by atomic mass is 9.96. The first-order valence-electron chi connectivity index (χ1n) is 8.21. The predicted octanol–water partition coefficient (Wildman–Crippen LogP) is 1.79. The summed E-state index contributed by atoms with van der Waals surface area (Å²) in [4.78, 5) is 29.2. The Labute approximate surface area is 143 Å². The van der Waals surface area contributed by atoms with E-state index >= 15 is 0 Å². The van der Waals surface area contributed by atoms with Crippen molar-refractivity contribution in [2.75, 3.05) is 0 Å². The van der Waals surface area contributed by atoms with E-state index in [1.165, 1.54) is 4.90 Å². The van der Waals surface area contributed by atoms with Gasteiger partial charge in [-0.15, -0.1) is 0 Å². The largest absolute Gasteiger partial charge is 0.480 e. The van der Waals surface area contributed by atoms with Gasteiger partial charge in [0.1, 0.15) is 6.04 Å². The van der Waals surface area contributed by atoms with E-state index in [1.807, 2.05) is 24.3 Å². The number of benzene rings is 1. The topological polar surface area (TPSA) is 91.2 Å². The lowest BCUT2D eigenvalue weighted by Gasteiger charge is -2.33. The highest BCUT2D eigenvalue weighted by molar-refractivity contribution is 5.89. The minimum atomic E-state index is -0.969.